The molecule has 1 aliphatic rings. The molecule has 2 N–H and O–H groups in total. The molecule has 1 aromatic heterocycles. The van der Waals surface area contributed by atoms with Gasteiger partial charge in [0.05, 0.1) is 10.9 Å². The lowest BCUT2D eigenvalue weighted by Crippen LogP contribution is -2.44. The molecule has 0 spiro atoms. The number of hydrogen-bond donors (Lipinski definition) is 2. The first-order valence-electron chi connectivity index (χ1n) is 6.81. The summed E-state index contributed by atoms with van der Waals surface area (Å²) in [5.74, 6) is -0.584. The first-order chi connectivity index (χ1) is 9.66. The Balaban J connectivity index is 2.07. The summed E-state index contributed by atoms with van der Waals surface area (Å²) in [6, 6.07) is 4.35. The number of H-pyrrole nitrogens is 1. The van der Waals surface area contributed by atoms with Crippen molar-refractivity contribution in [2.45, 2.75) is 31.8 Å². The predicted molar refractivity (Wildman–Crippen MR) is 74.4 cm³/mol. The van der Waals surface area contributed by atoms with Gasteiger partial charge in [-0.2, -0.15) is 0 Å². The van der Waals surface area contributed by atoms with Crippen LogP contribution in [0.2, 0.25) is 0 Å². The number of fused-ring (bicyclic) bond motifs is 1. The molecular formula is C14H16FN3O2. The maximum atomic E-state index is 13.6. The molecule has 1 saturated heterocycles. The van der Waals surface area contributed by atoms with Crippen LogP contribution >= 0.6 is 0 Å². The van der Waals surface area contributed by atoms with Crippen molar-refractivity contribution in [3.8, 4) is 0 Å². The lowest BCUT2D eigenvalue weighted by atomic mass is 10.1. The Kier molecular flexibility index (Phi) is 3.40. The van der Waals surface area contributed by atoms with Crippen molar-refractivity contribution in [3.63, 3.8) is 0 Å². The lowest BCUT2D eigenvalue weighted by Gasteiger charge is -2.23. The fraction of sp³-hybridized carbons (Fsp3) is 0.429. The largest absolute Gasteiger partial charge is 0.328 e. The van der Waals surface area contributed by atoms with Crippen LogP contribution in [0, 0.1) is 5.82 Å². The molecule has 1 atom stereocenters. The zero-order valence-corrected chi connectivity index (χ0v) is 11.0. The number of benzene rings is 1. The van der Waals surface area contributed by atoms with Crippen molar-refractivity contribution in [3.05, 3.63) is 44.9 Å². The highest BCUT2D eigenvalue weighted by molar-refractivity contribution is 5.77. The standard InChI is InChI=1S/C14H16FN3O2/c15-11-6-3-5-10-12(11)17-14(20)18(13(10)19)8-9-4-1-2-7-16-9/h3,5-6,9,16H,1-2,4,7-8H2,(H,17,20). The third kappa shape index (κ3) is 2.27. The van der Waals surface area contributed by atoms with E-state index in [0.29, 0.717) is 6.54 Å². The van der Waals surface area contributed by atoms with E-state index in [2.05, 4.69) is 10.3 Å². The van der Waals surface area contributed by atoms with Gasteiger partial charge in [-0.05, 0) is 31.5 Å². The van der Waals surface area contributed by atoms with E-state index in [1.165, 1.54) is 18.2 Å². The highest BCUT2D eigenvalue weighted by atomic mass is 19.1. The van der Waals surface area contributed by atoms with Gasteiger partial charge in [0, 0.05) is 12.6 Å². The van der Waals surface area contributed by atoms with Crippen molar-refractivity contribution < 1.29 is 4.39 Å². The van der Waals surface area contributed by atoms with E-state index in [9.17, 15) is 14.0 Å². The van der Waals surface area contributed by atoms with Crippen LogP contribution in [0.3, 0.4) is 0 Å². The Labute approximate surface area is 114 Å². The normalized spacial score (nSPS) is 19.4. The zero-order valence-electron chi connectivity index (χ0n) is 11.0. The van der Waals surface area contributed by atoms with E-state index in [-0.39, 0.29) is 16.9 Å². The van der Waals surface area contributed by atoms with E-state index in [1.807, 2.05) is 0 Å². The summed E-state index contributed by atoms with van der Waals surface area (Å²) < 4.78 is 14.8. The Morgan fingerprint density at radius 3 is 2.90 bits per heavy atom. The molecule has 1 fully saturated rings. The maximum absolute atomic E-state index is 13.6. The van der Waals surface area contributed by atoms with Crippen LogP contribution in [0.4, 0.5) is 4.39 Å². The molecule has 1 aromatic carbocycles. The fourth-order valence-corrected chi connectivity index (χ4v) is 2.71. The molecule has 0 saturated carbocycles. The number of aromatic nitrogens is 2. The average molecular weight is 277 g/mol. The Bertz CT molecular complexity index is 744. The Hall–Kier alpha value is -1.95. The number of rotatable bonds is 2. The predicted octanol–water partition coefficient (Wildman–Crippen LogP) is 0.971. The van der Waals surface area contributed by atoms with Crippen molar-refractivity contribution in [2.24, 2.45) is 0 Å². The molecule has 2 aromatic rings. The number of nitrogens with one attached hydrogen (secondary N) is 2. The Morgan fingerprint density at radius 1 is 1.30 bits per heavy atom. The van der Waals surface area contributed by atoms with Gasteiger partial charge in [0.15, 0.2) is 0 Å². The van der Waals surface area contributed by atoms with E-state index >= 15 is 0 Å². The lowest BCUT2D eigenvalue weighted by molar-refractivity contribution is 0.355. The third-order valence-electron chi connectivity index (χ3n) is 3.78. The molecule has 106 valence electrons. The monoisotopic (exact) mass is 277 g/mol. The molecule has 20 heavy (non-hydrogen) atoms. The second kappa shape index (κ2) is 5.20. The fourth-order valence-electron chi connectivity index (χ4n) is 2.71. The first-order valence-corrected chi connectivity index (χ1v) is 6.81. The van der Waals surface area contributed by atoms with E-state index < -0.39 is 17.1 Å². The highest BCUT2D eigenvalue weighted by Gasteiger charge is 2.17. The molecule has 1 aliphatic heterocycles. The maximum Gasteiger partial charge on any atom is 0.328 e. The molecule has 6 heteroatoms. The van der Waals surface area contributed by atoms with Gasteiger partial charge in [-0.25, -0.2) is 9.18 Å². The minimum atomic E-state index is -0.584. The Morgan fingerprint density at radius 2 is 2.15 bits per heavy atom. The van der Waals surface area contributed by atoms with Gasteiger partial charge in [0.1, 0.15) is 5.82 Å². The second-order valence-electron chi connectivity index (χ2n) is 5.16. The summed E-state index contributed by atoms with van der Waals surface area (Å²) in [5.41, 5.74) is -1.01. The summed E-state index contributed by atoms with van der Waals surface area (Å²) in [4.78, 5) is 26.8. The van der Waals surface area contributed by atoms with Crippen LogP contribution < -0.4 is 16.6 Å². The number of piperidine rings is 1. The number of halogens is 1. The molecular weight excluding hydrogens is 261 g/mol. The van der Waals surface area contributed by atoms with E-state index in [0.717, 1.165) is 30.4 Å². The van der Waals surface area contributed by atoms with Gasteiger partial charge in [-0.3, -0.25) is 9.36 Å². The van der Waals surface area contributed by atoms with Crippen molar-refractivity contribution in [1.82, 2.24) is 14.9 Å². The number of nitrogens with zero attached hydrogens (tertiary/aromatic N) is 1. The number of aromatic amines is 1. The van der Waals surface area contributed by atoms with Crippen LogP contribution in [0.5, 0.6) is 0 Å². The van der Waals surface area contributed by atoms with Crippen LogP contribution in [-0.2, 0) is 6.54 Å². The van der Waals surface area contributed by atoms with Crippen LogP contribution in [-0.4, -0.2) is 22.1 Å². The van der Waals surface area contributed by atoms with Crippen molar-refractivity contribution >= 4 is 10.9 Å². The molecule has 0 amide bonds. The van der Waals surface area contributed by atoms with Gasteiger partial charge in [0.2, 0.25) is 0 Å². The second-order valence-corrected chi connectivity index (χ2v) is 5.16. The zero-order chi connectivity index (χ0) is 14.1. The molecule has 2 heterocycles. The van der Waals surface area contributed by atoms with Gasteiger partial charge in [-0.15, -0.1) is 0 Å². The summed E-state index contributed by atoms with van der Waals surface area (Å²) >= 11 is 0. The summed E-state index contributed by atoms with van der Waals surface area (Å²) in [6.45, 7) is 1.22. The van der Waals surface area contributed by atoms with Gasteiger partial charge in [-0.1, -0.05) is 12.5 Å². The summed E-state index contributed by atoms with van der Waals surface area (Å²) in [7, 11) is 0. The topological polar surface area (TPSA) is 66.9 Å². The molecule has 0 aliphatic carbocycles. The average Bonchev–Trinajstić information content (AvgIpc) is 2.46. The molecule has 0 bridgehead atoms. The summed E-state index contributed by atoms with van der Waals surface area (Å²) in [5, 5.41) is 3.50. The smallest absolute Gasteiger partial charge is 0.312 e. The van der Waals surface area contributed by atoms with Crippen molar-refractivity contribution in [2.75, 3.05) is 6.54 Å². The number of para-hydroxylation sites is 1. The van der Waals surface area contributed by atoms with Crippen molar-refractivity contribution in [1.29, 1.82) is 0 Å². The quantitative estimate of drug-likeness (QED) is 0.859. The third-order valence-corrected chi connectivity index (χ3v) is 3.78. The van der Waals surface area contributed by atoms with Crippen LogP contribution in [0.25, 0.3) is 10.9 Å². The van der Waals surface area contributed by atoms with E-state index in [4.69, 9.17) is 0 Å². The SMILES string of the molecule is O=c1[nH]c2c(F)cccc2c(=O)n1CC1CCCCN1. The summed E-state index contributed by atoms with van der Waals surface area (Å²) in [6.07, 6.45) is 3.14. The van der Waals surface area contributed by atoms with Gasteiger partial charge >= 0.3 is 5.69 Å². The van der Waals surface area contributed by atoms with Crippen LogP contribution in [0.1, 0.15) is 19.3 Å². The van der Waals surface area contributed by atoms with Crippen LogP contribution in [0.15, 0.2) is 27.8 Å². The highest BCUT2D eigenvalue weighted by Crippen LogP contribution is 2.11. The molecule has 3 rings (SSSR count). The molecule has 0 radical (unpaired) electrons. The molecule has 1 unspecified atom stereocenters. The minimum Gasteiger partial charge on any atom is -0.312 e. The van der Waals surface area contributed by atoms with E-state index in [1.54, 1.807) is 0 Å². The molecule has 5 nitrogen and oxygen atoms in total. The minimum absolute atomic E-state index is 0.0182. The first kappa shape index (κ1) is 13.1. The van der Waals surface area contributed by atoms with Gasteiger partial charge in [0.25, 0.3) is 5.56 Å². The van der Waals surface area contributed by atoms with Gasteiger partial charge < -0.3 is 10.3 Å². The number of hydrogen-bond acceptors (Lipinski definition) is 3.